The van der Waals surface area contributed by atoms with E-state index < -0.39 is 5.97 Å². The fourth-order valence-corrected chi connectivity index (χ4v) is 1.81. The van der Waals surface area contributed by atoms with E-state index in [1.165, 1.54) is 7.11 Å². The van der Waals surface area contributed by atoms with Crippen LogP contribution in [0.3, 0.4) is 0 Å². The van der Waals surface area contributed by atoms with Crippen molar-refractivity contribution in [1.29, 1.82) is 0 Å². The van der Waals surface area contributed by atoms with Crippen LogP contribution in [0.25, 0.3) is 0 Å². The van der Waals surface area contributed by atoms with Crippen LogP contribution in [-0.4, -0.2) is 25.4 Å². The molecule has 0 aromatic heterocycles. The standard InChI is InChI=1S/C15H20ClNO3/c1-3-4-5-10-20-15(18)14(17-19-2)13-8-6-12(11-16)7-9-13/h6-9H,3-5,10-11H2,1-2H3/b17-14-. The minimum atomic E-state index is -0.471. The molecule has 0 unspecified atom stereocenters. The van der Waals surface area contributed by atoms with E-state index in [1.807, 2.05) is 12.1 Å². The number of oxime groups is 1. The quantitative estimate of drug-likeness (QED) is 0.242. The zero-order valence-corrected chi connectivity index (χ0v) is 12.7. The number of carbonyl (C=O) groups is 1. The lowest BCUT2D eigenvalue weighted by molar-refractivity contribution is -0.135. The van der Waals surface area contributed by atoms with Gasteiger partial charge in [-0.1, -0.05) is 49.2 Å². The lowest BCUT2D eigenvalue weighted by atomic mass is 10.1. The molecule has 0 aliphatic carbocycles. The number of rotatable bonds is 8. The Morgan fingerprint density at radius 1 is 1.25 bits per heavy atom. The van der Waals surface area contributed by atoms with Gasteiger partial charge in [0.2, 0.25) is 0 Å². The Morgan fingerprint density at radius 3 is 2.50 bits per heavy atom. The minimum absolute atomic E-state index is 0.171. The summed E-state index contributed by atoms with van der Waals surface area (Å²) in [7, 11) is 1.40. The molecule has 0 bridgehead atoms. The summed E-state index contributed by atoms with van der Waals surface area (Å²) in [5.41, 5.74) is 1.80. The smallest absolute Gasteiger partial charge is 0.361 e. The van der Waals surface area contributed by atoms with E-state index in [0.717, 1.165) is 24.8 Å². The van der Waals surface area contributed by atoms with Crippen molar-refractivity contribution >= 4 is 23.3 Å². The molecule has 0 fully saturated rings. The topological polar surface area (TPSA) is 47.9 Å². The predicted molar refractivity (Wildman–Crippen MR) is 80.0 cm³/mol. The van der Waals surface area contributed by atoms with E-state index in [2.05, 4.69) is 12.1 Å². The number of halogens is 1. The van der Waals surface area contributed by atoms with Crippen LogP contribution in [0, 0.1) is 0 Å². The van der Waals surface area contributed by atoms with Gasteiger partial charge < -0.3 is 9.57 Å². The average molecular weight is 298 g/mol. The van der Waals surface area contributed by atoms with E-state index in [0.29, 0.717) is 18.1 Å². The van der Waals surface area contributed by atoms with Crippen LogP contribution in [0.5, 0.6) is 0 Å². The number of carbonyl (C=O) groups excluding carboxylic acids is 1. The van der Waals surface area contributed by atoms with Crippen molar-refractivity contribution in [1.82, 2.24) is 0 Å². The average Bonchev–Trinajstić information content (AvgIpc) is 2.49. The summed E-state index contributed by atoms with van der Waals surface area (Å²) in [4.78, 5) is 16.7. The van der Waals surface area contributed by atoms with Gasteiger partial charge in [-0.05, 0) is 12.0 Å². The molecule has 0 spiro atoms. The van der Waals surface area contributed by atoms with Gasteiger partial charge in [-0.3, -0.25) is 0 Å². The fraction of sp³-hybridized carbons (Fsp3) is 0.467. The highest BCUT2D eigenvalue weighted by Crippen LogP contribution is 2.09. The first-order chi connectivity index (χ1) is 9.72. The largest absolute Gasteiger partial charge is 0.461 e. The summed E-state index contributed by atoms with van der Waals surface area (Å²) in [6.07, 6.45) is 2.97. The van der Waals surface area contributed by atoms with Crippen LogP contribution in [-0.2, 0) is 20.2 Å². The maximum atomic E-state index is 12.0. The van der Waals surface area contributed by atoms with Crippen molar-refractivity contribution in [3.63, 3.8) is 0 Å². The third kappa shape index (κ3) is 5.21. The molecular formula is C15H20ClNO3. The first-order valence-corrected chi connectivity index (χ1v) is 7.20. The Hall–Kier alpha value is -1.55. The van der Waals surface area contributed by atoms with Gasteiger partial charge in [0.1, 0.15) is 7.11 Å². The highest BCUT2D eigenvalue weighted by molar-refractivity contribution is 6.43. The van der Waals surface area contributed by atoms with E-state index in [-0.39, 0.29) is 5.71 Å². The molecule has 110 valence electrons. The number of hydrogen-bond acceptors (Lipinski definition) is 4. The zero-order valence-electron chi connectivity index (χ0n) is 11.9. The molecule has 1 aromatic carbocycles. The summed E-state index contributed by atoms with van der Waals surface area (Å²) < 4.78 is 5.19. The van der Waals surface area contributed by atoms with Crippen LogP contribution in [0.2, 0.25) is 0 Å². The molecule has 0 saturated heterocycles. The van der Waals surface area contributed by atoms with Crippen molar-refractivity contribution < 1.29 is 14.4 Å². The Bertz CT molecular complexity index is 443. The number of benzene rings is 1. The monoisotopic (exact) mass is 297 g/mol. The summed E-state index contributed by atoms with van der Waals surface area (Å²) in [6, 6.07) is 7.25. The molecule has 20 heavy (non-hydrogen) atoms. The van der Waals surface area contributed by atoms with E-state index in [4.69, 9.17) is 21.2 Å². The molecule has 1 aromatic rings. The van der Waals surface area contributed by atoms with Crippen molar-refractivity contribution in [2.24, 2.45) is 5.16 Å². The number of hydrogen-bond donors (Lipinski definition) is 0. The third-order valence-electron chi connectivity index (χ3n) is 2.74. The van der Waals surface area contributed by atoms with Crippen LogP contribution >= 0.6 is 11.6 Å². The highest BCUT2D eigenvalue weighted by atomic mass is 35.5. The van der Waals surface area contributed by atoms with Crippen molar-refractivity contribution in [3.05, 3.63) is 35.4 Å². The van der Waals surface area contributed by atoms with E-state index in [9.17, 15) is 4.79 Å². The van der Waals surface area contributed by atoms with Crippen LogP contribution in [0.1, 0.15) is 37.3 Å². The molecule has 0 saturated carbocycles. The van der Waals surface area contributed by atoms with Gasteiger partial charge in [-0.2, -0.15) is 0 Å². The Kier molecular flexibility index (Phi) is 7.73. The van der Waals surface area contributed by atoms with Crippen molar-refractivity contribution in [2.45, 2.75) is 32.1 Å². The molecule has 0 atom stereocenters. The lowest BCUT2D eigenvalue weighted by Crippen LogP contribution is -2.20. The Morgan fingerprint density at radius 2 is 1.95 bits per heavy atom. The second-order valence-electron chi connectivity index (χ2n) is 4.30. The fourth-order valence-electron chi connectivity index (χ4n) is 1.64. The minimum Gasteiger partial charge on any atom is -0.461 e. The summed E-state index contributed by atoms with van der Waals surface area (Å²) >= 11 is 5.73. The first-order valence-electron chi connectivity index (χ1n) is 6.66. The first kappa shape index (κ1) is 16.5. The molecule has 0 amide bonds. The number of ether oxygens (including phenoxy) is 1. The van der Waals surface area contributed by atoms with Gasteiger partial charge in [0.25, 0.3) is 0 Å². The number of unbranched alkanes of at least 4 members (excludes halogenated alkanes) is 2. The molecule has 0 radical (unpaired) electrons. The van der Waals surface area contributed by atoms with Crippen molar-refractivity contribution in [2.75, 3.05) is 13.7 Å². The van der Waals surface area contributed by atoms with Gasteiger partial charge in [0.05, 0.1) is 6.61 Å². The molecule has 0 aliphatic rings. The maximum Gasteiger partial charge on any atom is 0.361 e. The lowest BCUT2D eigenvalue weighted by Gasteiger charge is -2.07. The molecule has 5 heteroatoms. The van der Waals surface area contributed by atoms with Crippen LogP contribution in [0.4, 0.5) is 0 Å². The molecule has 0 heterocycles. The van der Waals surface area contributed by atoms with Gasteiger partial charge >= 0.3 is 5.97 Å². The van der Waals surface area contributed by atoms with Gasteiger partial charge in [0, 0.05) is 11.4 Å². The van der Waals surface area contributed by atoms with Gasteiger partial charge in [-0.15, -0.1) is 11.6 Å². The molecule has 1 rings (SSSR count). The number of nitrogens with zero attached hydrogens (tertiary/aromatic N) is 1. The number of esters is 1. The SMILES string of the molecule is CCCCCOC(=O)/C(=N\OC)c1ccc(CCl)cc1. The Labute approximate surface area is 124 Å². The van der Waals surface area contributed by atoms with E-state index in [1.54, 1.807) is 12.1 Å². The van der Waals surface area contributed by atoms with Crippen molar-refractivity contribution in [3.8, 4) is 0 Å². The Balaban J connectivity index is 2.72. The molecule has 4 nitrogen and oxygen atoms in total. The van der Waals surface area contributed by atoms with Crippen LogP contribution < -0.4 is 0 Å². The molecule has 0 aliphatic heterocycles. The molecule has 0 N–H and O–H groups in total. The maximum absolute atomic E-state index is 12.0. The summed E-state index contributed by atoms with van der Waals surface area (Å²) in [5, 5.41) is 3.76. The highest BCUT2D eigenvalue weighted by Gasteiger charge is 2.16. The van der Waals surface area contributed by atoms with Gasteiger partial charge in [0.15, 0.2) is 5.71 Å². The molecular weight excluding hydrogens is 278 g/mol. The predicted octanol–water partition coefficient (Wildman–Crippen LogP) is 3.51. The second-order valence-corrected chi connectivity index (χ2v) is 4.56. The van der Waals surface area contributed by atoms with E-state index >= 15 is 0 Å². The second kappa shape index (κ2) is 9.37. The van der Waals surface area contributed by atoms with Crippen LogP contribution in [0.15, 0.2) is 29.4 Å². The van der Waals surface area contributed by atoms with Gasteiger partial charge in [-0.25, -0.2) is 4.79 Å². The number of alkyl halides is 1. The zero-order chi connectivity index (χ0) is 14.8. The summed E-state index contributed by atoms with van der Waals surface area (Å²) in [6.45, 7) is 2.49. The normalized spacial score (nSPS) is 11.2. The third-order valence-corrected chi connectivity index (χ3v) is 3.05. The summed E-state index contributed by atoms with van der Waals surface area (Å²) in [5.74, 6) is -0.0417.